The molecule has 0 bridgehead atoms. The van der Waals surface area contributed by atoms with Crippen molar-refractivity contribution in [2.75, 3.05) is 19.7 Å². The highest BCUT2D eigenvalue weighted by Gasteiger charge is 2.38. The van der Waals surface area contributed by atoms with Crippen LogP contribution in [-0.4, -0.2) is 75.0 Å². The number of phenols is 1. The van der Waals surface area contributed by atoms with Crippen LogP contribution in [0.2, 0.25) is 0 Å². The molecule has 45 heavy (non-hydrogen) atoms. The number of carbonyl (C=O) groups is 3. The molecule has 0 aliphatic carbocycles. The third-order valence-electron chi connectivity index (χ3n) is 7.58. The van der Waals surface area contributed by atoms with Gasteiger partial charge in [0.2, 0.25) is 11.8 Å². The fourth-order valence-electron chi connectivity index (χ4n) is 5.12. The van der Waals surface area contributed by atoms with Gasteiger partial charge in [-0.15, -0.1) is 0 Å². The van der Waals surface area contributed by atoms with E-state index in [1.807, 2.05) is 13.8 Å². The van der Waals surface area contributed by atoms with Crippen molar-refractivity contribution < 1.29 is 32.6 Å². The maximum absolute atomic E-state index is 13.6. The van der Waals surface area contributed by atoms with Crippen molar-refractivity contribution in [1.82, 2.24) is 16.0 Å². The Morgan fingerprint density at radius 2 is 1.73 bits per heavy atom. The predicted molar refractivity (Wildman–Crippen MR) is 172 cm³/mol. The summed E-state index contributed by atoms with van der Waals surface area (Å²) in [5, 5.41) is 19.5. The molecule has 11 nitrogen and oxygen atoms in total. The van der Waals surface area contributed by atoms with Gasteiger partial charge in [-0.2, -0.15) is 0 Å². The van der Waals surface area contributed by atoms with Gasteiger partial charge in [-0.05, 0) is 55.0 Å². The van der Waals surface area contributed by atoms with Crippen molar-refractivity contribution in [2.24, 2.45) is 17.1 Å². The number of rotatable bonds is 15. The number of sulfone groups is 1. The van der Waals surface area contributed by atoms with Gasteiger partial charge in [0.05, 0.1) is 23.6 Å². The van der Waals surface area contributed by atoms with Crippen molar-refractivity contribution in [3.8, 4) is 5.75 Å². The van der Waals surface area contributed by atoms with Gasteiger partial charge in [0.1, 0.15) is 17.9 Å². The van der Waals surface area contributed by atoms with Gasteiger partial charge in [-0.1, -0.05) is 64.1 Å². The number of carbonyl (C=O) groups excluding carboxylic acids is 3. The van der Waals surface area contributed by atoms with E-state index in [-0.39, 0.29) is 35.2 Å². The molecule has 1 unspecified atom stereocenters. The third-order valence-corrected chi connectivity index (χ3v) is 9.02. The Balaban J connectivity index is 1.76. The van der Waals surface area contributed by atoms with Gasteiger partial charge < -0.3 is 31.5 Å². The van der Waals surface area contributed by atoms with Crippen LogP contribution in [0.4, 0.5) is 0 Å². The number of hydrogen-bond acceptors (Lipinski definition) is 9. The number of ether oxygens (including phenoxy) is 1. The lowest BCUT2D eigenvalue weighted by Gasteiger charge is -2.32. The lowest BCUT2D eigenvalue weighted by molar-refractivity contribution is -0.142. The van der Waals surface area contributed by atoms with E-state index in [0.717, 1.165) is 11.0 Å². The second kappa shape index (κ2) is 16.1. The number of hydrogen-bond donors (Lipinski definition) is 5. The Bertz CT molecular complexity index is 1420. The number of morpholine rings is 1. The smallest absolute Gasteiger partial charge is 0.243 e. The summed E-state index contributed by atoms with van der Waals surface area (Å²) in [5.74, 6) is -1.13. The van der Waals surface area contributed by atoms with Gasteiger partial charge in [-0.25, -0.2) is 8.42 Å². The highest BCUT2D eigenvalue weighted by molar-refractivity contribution is 7.94. The van der Waals surface area contributed by atoms with Crippen LogP contribution in [0.3, 0.4) is 0 Å². The molecular formula is C33H46N4O7S. The summed E-state index contributed by atoms with van der Waals surface area (Å²) in [6, 6.07) is 11.5. The first-order chi connectivity index (χ1) is 21.2. The van der Waals surface area contributed by atoms with Crippen molar-refractivity contribution in [2.45, 2.75) is 76.1 Å². The summed E-state index contributed by atoms with van der Waals surface area (Å²) in [4.78, 5) is 40.1. The molecule has 1 fully saturated rings. The number of nitrogens with two attached hydrogens (primary N) is 1. The molecule has 0 aromatic heterocycles. The predicted octanol–water partition coefficient (Wildman–Crippen LogP) is 2.24. The van der Waals surface area contributed by atoms with E-state index in [4.69, 9.17) is 10.5 Å². The van der Waals surface area contributed by atoms with Crippen LogP contribution in [0.5, 0.6) is 5.75 Å². The van der Waals surface area contributed by atoms with Crippen molar-refractivity contribution in [1.29, 1.82) is 0 Å². The first kappa shape index (κ1) is 35.9. The summed E-state index contributed by atoms with van der Waals surface area (Å²) >= 11 is 0. The number of benzene rings is 2. The first-order valence-corrected chi connectivity index (χ1v) is 16.7. The average molecular weight is 643 g/mol. The van der Waals surface area contributed by atoms with E-state index >= 15 is 0 Å². The molecule has 12 heteroatoms. The zero-order valence-electron chi connectivity index (χ0n) is 26.4. The van der Waals surface area contributed by atoms with Crippen LogP contribution < -0.4 is 21.7 Å². The summed E-state index contributed by atoms with van der Waals surface area (Å²) in [6.45, 7) is 8.75. The number of nitrogens with one attached hydrogen (secondary N) is 3. The maximum Gasteiger partial charge on any atom is 0.243 e. The van der Waals surface area contributed by atoms with Crippen LogP contribution in [0, 0.1) is 11.3 Å². The number of amides is 2. The molecular weight excluding hydrogens is 596 g/mol. The molecule has 0 radical (unpaired) electrons. The van der Waals surface area contributed by atoms with E-state index in [9.17, 15) is 27.9 Å². The van der Waals surface area contributed by atoms with E-state index in [1.54, 1.807) is 44.2 Å². The summed E-state index contributed by atoms with van der Waals surface area (Å²) in [6.07, 6.45) is 1.36. The zero-order valence-corrected chi connectivity index (χ0v) is 27.2. The van der Waals surface area contributed by atoms with Gasteiger partial charge in [0.25, 0.3) is 0 Å². The largest absolute Gasteiger partial charge is 0.508 e. The summed E-state index contributed by atoms with van der Waals surface area (Å²) in [7, 11) is -3.79. The summed E-state index contributed by atoms with van der Waals surface area (Å²) in [5.41, 5.74) is 6.07. The Morgan fingerprint density at radius 3 is 2.33 bits per heavy atom. The molecule has 2 aromatic carbocycles. The Morgan fingerprint density at radius 1 is 1.07 bits per heavy atom. The average Bonchev–Trinajstić information content (AvgIpc) is 3.00. The second-order valence-corrected chi connectivity index (χ2v) is 14.3. The van der Waals surface area contributed by atoms with Crippen LogP contribution in [-0.2, 0) is 35.4 Å². The number of aromatic hydroxyl groups is 1. The first-order valence-electron chi connectivity index (χ1n) is 15.2. The maximum atomic E-state index is 13.6. The Hall–Kier alpha value is -3.58. The molecule has 246 valence electrons. The highest BCUT2D eigenvalue weighted by atomic mass is 32.2. The van der Waals surface area contributed by atoms with Crippen molar-refractivity contribution in [3.63, 3.8) is 0 Å². The number of phenolic OH excluding ortho intramolecular Hbond substituents is 1. The lowest BCUT2D eigenvalue weighted by atomic mass is 9.79. The molecule has 4 atom stereocenters. The molecule has 0 saturated carbocycles. The minimum absolute atomic E-state index is 0.0239. The second-order valence-electron chi connectivity index (χ2n) is 12.5. The number of ketones is 1. The Labute approximate surface area is 265 Å². The standard InChI is InChI=1S/C33H46N4O7S/c1-22(2)18-28(37-31(40)27(34)20-33(3,4)30(39)29-21-35-15-16-44-29)32(41)36-24(19-23-10-12-25(38)13-11-23)14-17-45(42,43)26-8-6-5-7-9-26/h5-14,17,22,24,27-29,35,38H,15-16,18-21,34H2,1-4H3,(H,36,41)(H,37,40)/t24-,27+,28+,29?/m1/s1. The molecule has 2 aromatic rings. The van der Waals surface area contributed by atoms with Gasteiger partial charge in [-0.3, -0.25) is 14.4 Å². The van der Waals surface area contributed by atoms with Crippen LogP contribution >= 0.6 is 0 Å². The molecule has 1 aliphatic rings. The van der Waals surface area contributed by atoms with Crippen molar-refractivity contribution >= 4 is 27.4 Å². The molecule has 2 amide bonds. The fraction of sp³-hybridized carbons (Fsp3) is 0.485. The van der Waals surface area contributed by atoms with E-state index < -0.39 is 51.3 Å². The van der Waals surface area contributed by atoms with E-state index in [0.29, 0.717) is 26.1 Å². The SMILES string of the molecule is CC(C)C[C@H](NC(=O)[C@@H](N)CC(C)(C)C(=O)C1CNCCO1)C(=O)N[C@H](C=CS(=O)(=O)c1ccccc1)Cc1ccc(O)cc1. The molecule has 3 rings (SSSR count). The normalized spacial score (nSPS) is 17.9. The molecule has 1 heterocycles. The molecule has 6 N–H and O–H groups in total. The lowest BCUT2D eigenvalue weighted by Crippen LogP contribution is -2.55. The van der Waals surface area contributed by atoms with Crippen molar-refractivity contribution in [3.05, 3.63) is 71.6 Å². The van der Waals surface area contributed by atoms with Crippen LogP contribution in [0.1, 0.15) is 46.1 Å². The topological polar surface area (TPSA) is 177 Å². The molecule has 1 aliphatic heterocycles. The molecule has 0 spiro atoms. The fourth-order valence-corrected chi connectivity index (χ4v) is 6.21. The van der Waals surface area contributed by atoms with E-state index in [1.165, 1.54) is 30.3 Å². The third kappa shape index (κ3) is 11.1. The van der Waals surface area contributed by atoms with Gasteiger partial charge >= 0.3 is 0 Å². The zero-order chi connectivity index (χ0) is 33.2. The minimum atomic E-state index is -3.79. The molecule has 1 saturated heterocycles. The summed E-state index contributed by atoms with van der Waals surface area (Å²) < 4.78 is 31.5. The van der Waals surface area contributed by atoms with Gasteiger partial charge in [0, 0.05) is 23.9 Å². The Kier molecular flexibility index (Phi) is 12.9. The minimum Gasteiger partial charge on any atom is -0.508 e. The number of Topliss-reactive ketones (excluding diaryl/α,β-unsaturated/α-hetero) is 1. The van der Waals surface area contributed by atoms with Crippen LogP contribution in [0.25, 0.3) is 0 Å². The van der Waals surface area contributed by atoms with Gasteiger partial charge in [0.15, 0.2) is 15.6 Å². The quantitative estimate of drug-likeness (QED) is 0.195. The monoisotopic (exact) mass is 642 g/mol. The van der Waals surface area contributed by atoms with Crippen LogP contribution in [0.15, 0.2) is 71.0 Å². The highest BCUT2D eigenvalue weighted by Crippen LogP contribution is 2.26. The van der Waals surface area contributed by atoms with E-state index in [2.05, 4.69) is 16.0 Å².